The highest BCUT2D eigenvalue weighted by molar-refractivity contribution is 6.30. The van der Waals surface area contributed by atoms with Crippen LogP contribution in [0.3, 0.4) is 0 Å². The maximum absolute atomic E-state index is 14.0. The molecule has 1 heterocycles. The molecule has 0 unspecified atom stereocenters. The number of likely N-dealkylation sites (tertiary alicyclic amines) is 1. The van der Waals surface area contributed by atoms with Gasteiger partial charge in [0, 0.05) is 63.3 Å². The first-order chi connectivity index (χ1) is 19.2. The van der Waals surface area contributed by atoms with Gasteiger partial charge in [-0.25, -0.2) is 4.79 Å². The smallest absolute Gasteiger partial charge is 0.319 e. The van der Waals surface area contributed by atoms with Gasteiger partial charge in [-0.2, -0.15) is 0 Å². The quantitative estimate of drug-likeness (QED) is 0.476. The van der Waals surface area contributed by atoms with E-state index in [2.05, 4.69) is 15.5 Å². The molecule has 1 atom stereocenters. The molecule has 2 saturated carbocycles. The van der Waals surface area contributed by atoms with E-state index >= 15 is 0 Å². The van der Waals surface area contributed by atoms with Crippen molar-refractivity contribution < 1.29 is 14.4 Å². The van der Waals surface area contributed by atoms with Crippen molar-refractivity contribution in [1.29, 1.82) is 0 Å². The van der Waals surface area contributed by atoms with E-state index in [0.717, 1.165) is 56.9 Å². The fourth-order valence-corrected chi connectivity index (χ4v) is 6.96. The molecule has 0 radical (unpaired) electrons. The molecule has 3 fully saturated rings. The number of halogens is 1. The van der Waals surface area contributed by atoms with E-state index in [9.17, 15) is 14.4 Å². The van der Waals surface area contributed by atoms with Gasteiger partial charge >= 0.3 is 6.03 Å². The number of carbonyl (C=O) groups excluding carboxylic acids is 3. The molecule has 2 N–H and O–H groups in total. The van der Waals surface area contributed by atoms with Crippen molar-refractivity contribution in [1.82, 2.24) is 25.3 Å². The van der Waals surface area contributed by atoms with E-state index in [1.54, 1.807) is 11.8 Å². The van der Waals surface area contributed by atoms with Gasteiger partial charge in [-0.1, -0.05) is 43.0 Å². The third kappa shape index (κ3) is 8.35. The Labute approximate surface area is 245 Å². The van der Waals surface area contributed by atoms with E-state index in [0.29, 0.717) is 30.6 Å². The lowest BCUT2D eigenvalue weighted by molar-refractivity contribution is -0.135. The molecule has 40 heavy (non-hydrogen) atoms. The molecule has 9 heteroatoms. The van der Waals surface area contributed by atoms with Gasteiger partial charge in [0.2, 0.25) is 11.8 Å². The normalized spacial score (nSPS) is 23.4. The number of rotatable bonds is 8. The van der Waals surface area contributed by atoms with Crippen LogP contribution in [0.25, 0.3) is 0 Å². The Morgan fingerprint density at radius 1 is 0.875 bits per heavy atom. The van der Waals surface area contributed by atoms with Crippen LogP contribution in [0.15, 0.2) is 24.3 Å². The summed E-state index contributed by atoms with van der Waals surface area (Å²) in [6.07, 6.45) is 11.7. The molecular weight excluding hydrogens is 526 g/mol. The van der Waals surface area contributed by atoms with Crippen LogP contribution in [0.2, 0.25) is 5.02 Å². The average Bonchev–Trinajstić information content (AvgIpc) is 2.95. The molecule has 0 aromatic heterocycles. The summed E-state index contributed by atoms with van der Waals surface area (Å²) in [5.41, 5.74) is 1.08. The molecule has 4 rings (SSSR count). The summed E-state index contributed by atoms with van der Waals surface area (Å²) < 4.78 is 0. The molecule has 2 aliphatic carbocycles. The van der Waals surface area contributed by atoms with Gasteiger partial charge in [0.1, 0.15) is 0 Å². The number of nitrogens with zero attached hydrogens (tertiary/aromatic N) is 3. The topological polar surface area (TPSA) is 85.0 Å². The van der Waals surface area contributed by atoms with Gasteiger partial charge in [-0.15, -0.1) is 0 Å². The van der Waals surface area contributed by atoms with Crippen LogP contribution in [0, 0.1) is 0 Å². The minimum Gasteiger partial charge on any atom is -0.354 e. The maximum Gasteiger partial charge on any atom is 0.319 e. The highest BCUT2D eigenvalue weighted by atomic mass is 35.5. The van der Waals surface area contributed by atoms with Crippen LogP contribution in [-0.4, -0.2) is 89.9 Å². The zero-order valence-electron chi connectivity index (χ0n) is 24.5. The number of hydrogen-bond donors (Lipinski definition) is 2. The van der Waals surface area contributed by atoms with E-state index in [1.807, 2.05) is 43.3 Å². The van der Waals surface area contributed by atoms with Crippen molar-refractivity contribution in [3.63, 3.8) is 0 Å². The Kier molecular flexibility index (Phi) is 11.1. The van der Waals surface area contributed by atoms with Crippen LogP contribution in [0.5, 0.6) is 0 Å². The zero-order chi connectivity index (χ0) is 28.6. The summed E-state index contributed by atoms with van der Waals surface area (Å²) in [5.74, 6) is 0.158. The number of carbonyl (C=O) groups is 3. The van der Waals surface area contributed by atoms with Crippen LogP contribution >= 0.6 is 11.6 Å². The standard InChI is InChI=1S/C31H48ClN5O3/c1-22(38)33-25-13-15-26(16-14-25)34-29(21-23-9-11-24(32)12-10-23)30(39)36-19-17-28(18-20-36)37(31(40)35(2)3)27-7-5-4-6-8-27/h9-12,25-29,34H,4-8,13-21H2,1-3H3,(H,33,38)/t25-,26+,29-/m1/s1. The van der Waals surface area contributed by atoms with Gasteiger partial charge < -0.3 is 25.3 Å². The predicted octanol–water partition coefficient (Wildman–Crippen LogP) is 4.60. The number of amides is 4. The molecular formula is C31H48ClN5O3. The van der Waals surface area contributed by atoms with E-state index in [1.165, 1.54) is 19.3 Å². The second-order valence-corrected chi connectivity index (χ2v) is 12.7. The first-order valence-electron chi connectivity index (χ1n) is 15.3. The SMILES string of the molecule is CC(=O)N[C@H]1CC[C@@H](N[C@H](Cc2ccc(Cl)cc2)C(=O)N2CCC(N(C(=O)N(C)C)C3CCCCC3)CC2)CC1. The molecule has 8 nitrogen and oxygen atoms in total. The molecule has 3 aliphatic rings. The molecule has 1 saturated heterocycles. The Bertz CT molecular complexity index is 981. The minimum absolute atomic E-state index is 0.0185. The number of piperidine rings is 1. The van der Waals surface area contributed by atoms with Crippen LogP contribution in [-0.2, 0) is 16.0 Å². The van der Waals surface area contributed by atoms with E-state index < -0.39 is 0 Å². The maximum atomic E-state index is 14.0. The summed E-state index contributed by atoms with van der Waals surface area (Å²) in [6, 6.07) is 8.48. The third-order valence-electron chi connectivity index (χ3n) is 8.96. The van der Waals surface area contributed by atoms with Gasteiger partial charge in [0.05, 0.1) is 6.04 Å². The average molecular weight is 574 g/mol. The minimum atomic E-state index is -0.321. The second kappa shape index (κ2) is 14.5. The van der Waals surface area contributed by atoms with Gasteiger partial charge in [-0.05, 0) is 75.5 Å². The van der Waals surface area contributed by atoms with Crippen LogP contribution < -0.4 is 10.6 Å². The lowest BCUT2D eigenvalue weighted by Gasteiger charge is -2.45. The van der Waals surface area contributed by atoms with Gasteiger partial charge in [-0.3, -0.25) is 9.59 Å². The largest absolute Gasteiger partial charge is 0.354 e. The lowest BCUT2D eigenvalue weighted by atomic mass is 9.89. The Morgan fingerprint density at radius 3 is 2.02 bits per heavy atom. The third-order valence-corrected chi connectivity index (χ3v) is 9.22. The molecule has 1 aromatic carbocycles. The lowest BCUT2D eigenvalue weighted by Crippen LogP contribution is -2.58. The highest BCUT2D eigenvalue weighted by Crippen LogP contribution is 2.29. The van der Waals surface area contributed by atoms with Gasteiger partial charge in [0.25, 0.3) is 0 Å². The van der Waals surface area contributed by atoms with Crippen LogP contribution in [0.1, 0.15) is 83.1 Å². The molecule has 1 aliphatic heterocycles. The van der Waals surface area contributed by atoms with Gasteiger partial charge in [0.15, 0.2) is 0 Å². The zero-order valence-corrected chi connectivity index (χ0v) is 25.3. The molecule has 1 aromatic rings. The summed E-state index contributed by atoms with van der Waals surface area (Å²) in [7, 11) is 3.68. The number of benzene rings is 1. The first-order valence-corrected chi connectivity index (χ1v) is 15.6. The summed E-state index contributed by atoms with van der Waals surface area (Å²) >= 11 is 6.12. The fourth-order valence-electron chi connectivity index (χ4n) is 6.84. The molecule has 4 amide bonds. The molecule has 222 valence electrons. The Balaban J connectivity index is 1.40. The monoisotopic (exact) mass is 573 g/mol. The number of hydrogen-bond acceptors (Lipinski definition) is 4. The van der Waals surface area contributed by atoms with Crippen molar-refractivity contribution in [3.8, 4) is 0 Å². The number of urea groups is 1. The molecule has 0 bridgehead atoms. The van der Waals surface area contributed by atoms with Crippen molar-refractivity contribution >= 4 is 29.4 Å². The van der Waals surface area contributed by atoms with Crippen molar-refractivity contribution in [2.45, 2.75) is 114 Å². The van der Waals surface area contributed by atoms with E-state index in [4.69, 9.17) is 11.6 Å². The van der Waals surface area contributed by atoms with Crippen molar-refractivity contribution in [2.75, 3.05) is 27.2 Å². The Hall–Kier alpha value is -2.32. The summed E-state index contributed by atoms with van der Waals surface area (Å²) in [5, 5.41) is 7.43. The summed E-state index contributed by atoms with van der Waals surface area (Å²) in [6.45, 7) is 2.90. The fraction of sp³-hybridized carbons (Fsp3) is 0.710. The molecule has 0 spiro atoms. The van der Waals surface area contributed by atoms with Crippen LogP contribution in [0.4, 0.5) is 4.79 Å². The second-order valence-electron chi connectivity index (χ2n) is 12.2. The summed E-state index contributed by atoms with van der Waals surface area (Å²) in [4.78, 5) is 44.5. The first kappa shape index (κ1) is 30.6. The Morgan fingerprint density at radius 2 is 1.45 bits per heavy atom. The predicted molar refractivity (Wildman–Crippen MR) is 159 cm³/mol. The highest BCUT2D eigenvalue weighted by Gasteiger charge is 2.37. The van der Waals surface area contributed by atoms with Crippen molar-refractivity contribution in [3.05, 3.63) is 34.9 Å². The van der Waals surface area contributed by atoms with Crippen molar-refractivity contribution in [2.24, 2.45) is 0 Å². The van der Waals surface area contributed by atoms with E-state index in [-0.39, 0.29) is 42.0 Å². The number of nitrogens with one attached hydrogen (secondary N) is 2.